The molecule has 1 aliphatic heterocycles. The van der Waals surface area contributed by atoms with Gasteiger partial charge in [0.25, 0.3) is 0 Å². The number of benzene rings is 1. The monoisotopic (exact) mass is 408 g/mol. The second-order valence-corrected chi connectivity index (χ2v) is 7.80. The summed E-state index contributed by atoms with van der Waals surface area (Å²) in [6, 6.07) is 10.7. The van der Waals surface area contributed by atoms with Gasteiger partial charge in [-0.15, -0.1) is 0 Å². The Morgan fingerprint density at radius 1 is 1.17 bits per heavy atom. The molecular weight excluding hydrogens is 380 g/mol. The van der Waals surface area contributed by atoms with Gasteiger partial charge >= 0.3 is 0 Å². The van der Waals surface area contributed by atoms with Crippen LogP contribution in [0.15, 0.2) is 30.5 Å². The smallest absolute Gasteiger partial charge is 0.224 e. The number of nitrogens with one attached hydrogen (secondary N) is 2. The van der Waals surface area contributed by atoms with Gasteiger partial charge in [0.2, 0.25) is 5.95 Å². The van der Waals surface area contributed by atoms with Crippen LogP contribution in [0.4, 0.5) is 17.5 Å². The average molecular weight is 409 g/mol. The molecule has 30 heavy (non-hydrogen) atoms. The van der Waals surface area contributed by atoms with Crippen molar-refractivity contribution in [1.82, 2.24) is 9.97 Å². The molecule has 3 N–H and O–H groups in total. The summed E-state index contributed by atoms with van der Waals surface area (Å²) < 4.78 is 5.47. The van der Waals surface area contributed by atoms with Gasteiger partial charge < -0.3 is 25.4 Å². The van der Waals surface area contributed by atoms with E-state index in [-0.39, 0.29) is 12.1 Å². The molecule has 158 valence electrons. The fraction of sp³-hybridized carbons (Fsp3) is 0.500. The lowest BCUT2D eigenvalue weighted by atomic mass is 9.93. The normalized spacial score (nSPS) is 21.7. The first-order valence-electron chi connectivity index (χ1n) is 10.6. The van der Waals surface area contributed by atoms with E-state index in [0.29, 0.717) is 23.9 Å². The third-order valence-electron chi connectivity index (χ3n) is 5.73. The molecule has 0 atom stereocenters. The Balaban J connectivity index is 1.45. The topological polar surface area (TPSA) is 106 Å². The van der Waals surface area contributed by atoms with Gasteiger partial charge in [-0.3, -0.25) is 0 Å². The van der Waals surface area contributed by atoms with Crippen molar-refractivity contribution in [2.24, 2.45) is 0 Å². The van der Waals surface area contributed by atoms with Gasteiger partial charge in [0, 0.05) is 31.4 Å². The van der Waals surface area contributed by atoms with Gasteiger partial charge in [-0.05, 0) is 37.3 Å². The van der Waals surface area contributed by atoms with E-state index in [0.717, 1.165) is 52.0 Å². The lowest BCUT2D eigenvalue weighted by Crippen LogP contribution is -2.36. The maximum absolute atomic E-state index is 9.71. The predicted octanol–water partition coefficient (Wildman–Crippen LogP) is 2.51. The van der Waals surface area contributed by atoms with E-state index >= 15 is 0 Å². The third kappa shape index (κ3) is 4.99. The fourth-order valence-corrected chi connectivity index (χ4v) is 4.02. The molecule has 1 aliphatic carbocycles. The van der Waals surface area contributed by atoms with Gasteiger partial charge in [-0.25, -0.2) is 4.98 Å². The van der Waals surface area contributed by atoms with Crippen molar-refractivity contribution in [3.63, 3.8) is 0 Å². The van der Waals surface area contributed by atoms with Crippen molar-refractivity contribution in [2.45, 2.75) is 44.4 Å². The van der Waals surface area contributed by atoms with Crippen LogP contribution in [0.25, 0.3) is 0 Å². The summed E-state index contributed by atoms with van der Waals surface area (Å²) in [4.78, 5) is 11.2. The summed E-state index contributed by atoms with van der Waals surface area (Å²) in [5, 5.41) is 25.8. The van der Waals surface area contributed by atoms with Crippen LogP contribution in [0.5, 0.6) is 0 Å². The van der Waals surface area contributed by atoms with E-state index in [2.05, 4.69) is 49.8 Å². The Morgan fingerprint density at radius 3 is 2.70 bits per heavy atom. The summed E-state index contributed by atoms with van der Waals surface area (Å²) in [6.45, 7) is 3.85. The molecule has 2 heterocycles. The lowest BCUT2D eigenvalue weighted by Gasteiger charge is -2.30. The van der Waals surface area contributed by atoms with Crippen LogP contribution in [-0.4, -0.2) is 53.5 Å². The SMILES string of the molecule is N#Cc1cnc(NCc2ccccc2N2CCOCC2)nc1N[C@H]1CC[C@@H](O)CC1. The lowest BCUT2D eigenvalue weighted by molar-refractivity contribution is 0.122. The highest BCUT2D eigenvalue weighted by Gasteiger charge is 2.21. The molecule has 0 spiro atoms. The van der Waals surface area contributed by atoms with Gasteiger partial charge in [-0.2, -0.15) is 10.2 Å². The predicted molar refractivity (Wildman–Crippen MR) is 115 cm³/mol. The zero-order valence-electron chi connectivity index (χ0n) is 17.0. The van der Waals surface area contributed by atoms with E-state index < -0.39 is 0 Å². The molecule has 4 rings (SSSR count). The van der Waals surface area contributed by atoms with Crippen LogP contribution in [-0.2, 0) is 11.3 Å². The maximum Gasteiger partial charge on any atom is 0.224 e. The molecule has 0 unspecified atom stereocenters. The van der Waals surface area contributed by atoms with Crippen molar-refractivity contribution in [2.75, 3.05) is 41.8 Å². The summed E-state index contributed by atoms with van der Waals surface area (Å²) in [5.74, 6) is 1.04. The third-order valence-corrected chi connectivity index (χ3v) is 5.73. The first-order valence-corrected chi connectivity index (χ1v) is 10.6. The van der Waals surface area contributed by atoms with Crippen LogP contribution < -0.4 is 15.5 Å². The van der Waals surface area contributed by atoms with Crippen LogP contribution in [0.3, 0.4) is 0 Å². The highest BCUT2D eigenvalue weighted by Crippen LogP contribution is 2.25. The Morgan fingerprint density at radius 2 is 1.93 bits per heavy atom. The Bertz CT molecular complexity index is 885. The van der Waals surface area contributed by atoms with E-state index in [4.69, 9.17) is 4.74 Å². The number of aliphatic hydroxyl groups is 1. The highest BCUT2D eigenvalue weighted by atomic mass is 16.5. The van der Waals surface area contributed by atoms with Crippen LogP contribution >= 0.6 is 0 Å². The zero-order chi connectivity index (χ0) is 20.8. The van der Waals surface area contributed by atoms with Gasteiger partial charge in [-0.1, -0.05) is 18.2 Å². The molecule has 1 saturated carbocycles. The first-order chi connectivity index (χ1) is 14.7. The standard InChI is InChI=1S/C22H28N6O2/c23-13-17-15-25-22(27-21(17)26-18-5-7-19(29)8-6-18)24-14-16-3-1-2-4-20(16)28-9-11-30-12-10-28/h1-4,15,18-19,29H,5-12,14H2,(H2,24,25,26,27)/t18-,19+. The second kappa shape index (κ2) is 9.74. The number of nitrogens with zero attached hydrogens (tertiary/aromatic N) is 4. The van der Waals surface area contributed by atoms with Crippen molar-refractivity contribution in [1.29, 1.82) is 5.26 Å². The minimum atomic E-state index is -0.215. The van der Waals surface area contributed by atoms with E-state index in [1.807, 2.05) is 6.07 Å². The average Bonchev–Trinajstić information content (AvgIpc) is 2.80. The minimum absolute atomic E-state index is 0.213. The summed E-state index contributed by atoms with van der Waals surface area (Å²) in [7, 11) is 0. The number of ether oxygens (including phenoxy) is 1. The highest BCUT2D eigenvalue weighted by molar-refractivity contribution is 5.56. The number of morpholine rings is 1. The minimum Gasteiger partial charge on any atom is -0.393 e. The molecule has 2 aromatic rings. The quantitative estimate of drug-likeness (QED) is 0.669. The van der Waals surface area contributed by atoms with Crippen LogP contribution in [0.2, 0.25) is 0 Å². The van der Waals surface area contributed by atoms with E-state index in [1.54, 1.807) is 6.20 Å². The Labute approximate surface area is 176 Å². The van der Waals surface area contributed by atoms with Gasteiger partial charge in [0.1, 0.15) is 17.5 Å². The Hall–Kier alpha value is -2.89. The second-order valence-electron chi connectivity index (χ2n) is 7.80. The molecule has 1 aromatic heterocycles. The number of hydrogen-bond acceptors (Lipinski definition) is 8. The molecule has 0 bridgehead atoms. The molecule has 1 saturated heterocycles. The van der Waals surface area contributed by atoms with Crippen LogP contribution in [0.1, 0.15) is 36.8 Å². The number of rotatable bonds is 6. The van der Waals surface area contributed by atoms with E-state index in [1.165, 1.54) is 11.3 Å². The Kier molecular flexibility index (Phi) is 6.62. The van der Waals surface area contributed by atoms with Crippen molar-refractivity contribution >= 4 is 17.5 Å². The number of hydrogen-bond donors (Lipinski definition) is 3. The first kappa shape index (κ1) is 20.4. The molecule has 2 fully saturated rings. The molecular formula is C22H28N6O2. The summed E-state index contributed by atoms with van der Waals surface area (Å²) in [5.41, 5.74) is 2.80. The summed E-state index contributed by atoms with van der Waals surface area (Å²) in [6.07, 6.45) is 4.62. The van der Waals surface area contributed by atoms with Gasteiger partial charge in [0.15, 0.2) is 0 Å². The van der Waals surface area contributed by atoms with Crippen molar-refractivity contribution < 1.29 is 9.84 Å². The number of anilines is 3. The molecule has 0 amide bonds. The number of para-hydroxylation sites is 1. The van der Waals surface area contributed by atoms with Gasteiger partial charge in [0.05, 0.1) is 25.5 Å². The van der Waals surface area contributed by atoms with Crippen LogP contribution in [0, 0.1) is 11.3 Å². The molecule has 2 aliphatic rings. The molecule has 8 nitrogen and oxygen atoms in total. The summed E-state index contributed by atoms with van der Waals surface area (Å²) >= 11 is 0. The van der Waals surface area contributed by atoms with Crippen molar-refractivity contribution in [3.05, 3.63) is 41.6 Å². The maximum atomic E-state index is 9.71. The molecule has 1 aromatic carbocycles. The number of nitriles is 1. The largest absolute Gasteiger partial charge is 0.393 e. The number of aliphatic hydroxyl groups excluding tert-OH is 1. The zero-order valence-corrected chi connectivity index (χ0v) is 17.0. The molecule has 8 heteroatoms. The fourth-order valence-electron chi connectivity index (χ4n) is 4.02. The number of aromatic nitrogens is 2. The molecule has 0 radical (unpaired) electrons. The van der Waals surface area contributed by atoms with E-state index in [9.17, 15) is 10.4 Å². The van der Waals surface area contributed by atoms with Crippen molar-refractivity contribution in [3.8, 4) is 6.07 Å².